The topological polar surface area (TPSA) is 59.9 Å². The van der Waals surface area contributed by atoms with Gasteiger partial charge in [0.2, 0.25) is 11.8 Å². The van der Waals surface area contributed by atoms with Gasteiger partial charge in [0.05, 0.1) is 22.6 Å². The number of halogens is 1. The van der Waals surface area contributed by atoms with Crippen LogP contribution >= 0.6 is 28.6 Å². The molecule has 2 aromatic rings. The molecule has 0 amide bonds. The molecule has 4 rings (SSSR count). The summed E-state index contributed by atoms with van der Waals surface area (Å²) in [6.45, 7) is 2.04. The van der Waals surface area contributed by atoms with Gasteiger partial charge in [-0.25, -0.2) is 0 Å². The number of nitrogens with zero attached hydrogens (tertiary/aromatic N) is 2. The fourth-order valence-electron chi connectivity index (χ4n) is 4.00. The zero-order chi connectivity index (χ0) is 19.2. The molecule has 138 valence electrons. The summed E-state index contributed by atoms with van der Waals surface area (Å²) >= 11 is 8.02. The molecule has 1 aliphatic heterocycles. The Morgan fingerprint density at radius 2 is 1.85 bits per heavy atom. The summed E-state index contributed by atoms with van der Waals surface area (Å²) < 4.78 is 3.01. The van der Waals surface area contributed by atoms with Crippen molar-refractivity contribution >= 4 is 28.6 Å². The van der Waals surface area contributed by atoms with Crippen LogP contribution in [-0.4, -0.2) is 10.8 Å². The lowest BCUT2D eigenvalue weighted by Crippen LogP contribution is -2.65. The number of thiol groups is 1. The molecule has 3 atom stereocenters. The largest absolute Gasteiger partial charge is 0.365 e. The third kappa shape index (κ3) is 3.29. The SMILES string of the molecule is Cc1cc[n+]([C@@H]2[C@H](c3ccc(Br)cc3)C(C#N)=C(S)N[C@]2(O)C2CC2)cc1. The van der Waals surface area contributed by atoms with Crippen LogP contribution in [0.1, 0.15) is 35.9 Å². The first kappa shape index (κ1) is 18.5. The van der Waals surface area contributed by atoms with E-state index in [-0.39, 0.29) is 17.9 Å². The number of allylic oxidation sites excluding steroid dienone is 1. The van der Waals surface area contributed by atoms with Gasteiger partial charge in [0, 0.05) is 22.5 Å². The standard InChI is InChI=1S/C21H20BrN3OS/c1-13-8-10-25(11-9-13)19-18(14-2-6-16(22)7-3-14)17(12-23)20(27)24-21(19,26)15-4-5-15/h2-3,6-11,15,18-19,24,26H,4-5H2,1H3/p+1/t18-,19-,21+/m1/s1. The highest BCUT2D eigenvalue weighted by Gasteiger charge is 2.60. The second-order valence-corrected chi connectivity index (χ2v) is 8.76. The first-order valence-corrected chi connectivity index (χ1v) is 10.2. The molecule has 1 aromatic heterocycles. The second-order valence-electron chi connectivity index (χ2n) is 7.40. The van der Waals surface area contributed by atoms with E-state index in [4.69, 9.17) is 0 Å². The van der Waals surface area contributed by atoms with Gasteiger partial charge in [0.15, 0.2) is 12.4 Å². The van der Waals surface area contributed by atoms with E-state index in [1.165, 1.54) is 0 Å². The predicted molar refractivity (Wildman–Crippen MR) is 110 cm³/mol. The van der Waals surface area contributed by atoms with Gasteiger partial charge in [-0.15, -0.1) is 12.6 Å². The van der Waals surface area contributed by atoms with Gasteiger partial charge in [0.1, 0.15) is 0 Å². The average Bonchev–Trinajstić information content (AvgIpc) is 3.49. The summed E-state index contributed by atoms with van der Waals surface area (Å²) in [6, 6.07) is 14.0. The molecule has 1 saturated carbocycles. The Bertz CT molecular complexity index is 931. The lowest BCUT2D eigenvalue weighted by atomic mass is 9.76. The normalized spacial score (nSPS) is 27.8. The number of aliphatic hydroxyl groups is 1. The third-order valence-corrected chi connectivity index (χ3v) is 6.42. The predicted octanol–water partition coefficient (Wildman–Crippen LogP) is 3.74. The average molecular weight is 443 g/mol. The molecular weight excluding hydrogens is 422 g/mol. The summed E-state index contributed by atoms with van der Waals surface area (Å²) in [6.07, 6.45) is 5.89. The Morgan fingerprint density at radius 3 is 2.41 bits per heavy atom. The maximum atomic E-state index is 11.7. The molecule has 0 radical (unpaired) electrons. The van der Waals surface area contributed by atoms with Gasteiger partial charge >= 0.3 is 0 Å². The fraction of sp³-hybridized carbons (Fsp3) is 0.333. The molecule has 2 N–H and O–H groups in total. The Hall–Kier alpha value is -1.81. The highest BCUT2D eigenvalue weighted by atomic mass is 79.9. The minimum absolute atomic E-state index is 0.136. The highest BCUT2D eigenvalue weighted by molar-refractivity contribution is 9.10. The van der Waals surface area contributed by atoms with E-state index >= 15 is 0 Å². The van der Waals surface area contributed by atoms with Crippen molar-refractivity contribution in [3.63, 3.8) is 0 Å². The second kappa shape index (κ2) is 6.97. The maximum Gasteiger partial charge on any atom is 0.217 e. The van der Waals surface area contributed by atoms with E-state index in [1.54, 1.807) is 0 Å². The Labute approximate surface area is 173 Å². The van der Waals surface area contributed by atoms with E-state index in [0.29, 0.717) is 10.6 Å². The van der Waals surface area contributed by atoms with Crippen LogP contribution in [0.2, 0.25) is 0 Å². The molecule has 1 aromatic carbocycles. The molecule has 1 fully saturated rings. The van der Waals surface area contributed by atoms with Crippen LogP contribution in [0.4, 0.5) is 0 Å². The van der Waals surface area contributed by atoms with Crippen LogP contribution < -0.4 is 9.88 Å². The summed E-state index contributed by atoms with van der Waals surface area (Å²) in [7, 11) is 0. The van der Waals surface area contributed by atoms with E-state index < -0.39 is 5.72 Å². The Morgan fingerprint density at radius 1 is 1.22 bits per heavy atom. The summed E-state index contributed by atoms with van der Waals surface area (Å²) in [5, 5.41) is 25.3. The summed E-state index contributed by atoms with van der Waals surface area (Å²) in [4.78, 5) is 0. The first-order chi connectivity index (χ1) is 12.9. The molecule has 4 nitrogen and oxygen atoms in total. The molecular formula is C21H21BrN3OS+. The quantitative estimate of drug-likeness (QED) is 0.501. The van der Waals surface area contributed by atoms with Gasteiger partial charge in [-0.2, -0.15) is 9.83 Å². The van der Waals surface area contributed by atoms with Crippen LogP contribution in [0.5, 0.6) is 0 Å². The minimum atomic E-state index is -1.16. The lowest BCUT2D eigenvalue weighted by molar-refractivity contribution is -0.742. The molecule has 0 unspecified atom stereocenters. The number of nitrogens with one attached hydrogen (secondary N) is 1. The van der Waals surface area contributed by atoms with E-state index in [0.717, 1.165) is 28.4 Å². The van der Waals surface area contributed by atoms with Crippen molar-refractivity contribution in [3.05, 3.63) is 75.0 Å². The lowest BCUT2D eigenvalue weighted by Gasteiger charge is -2.42. The van der Waals surface area contributed by atoms with Crippen LogP contribution in [0.15, 0.2) is 63.9 Å². The number of aryl methyl sites for hydroxylation is 1. The van der Waals surface area contributed by atoms with E-state index in [2.05, 4.69) is 39.9 Å². The van der Waals surface area contributed by atoms with Crippen LogP contribution in [0.3, 0.4) is 0 Å². The highest BCUT2D eigenvalue weighted by Crippen LogP contribution is 2.52. The number of pyridine rings is 1. The van der Waals surface area contributed by atoms with Crippen molar-refractivity contribution < 1.29 is 9.67 Å². The number of aromatic nitrogens is 1. The number of hydrogen-bond donors (Lipinski definition) is 3. The monoisotopic (exact) mass is 442 g/mol. The Kier molecular flexibility index (Phi) is 4.79. The maximum absolute atomic E-state index is 11.7. The first-order valence-electron chi connectivity index (χ1n) is 9.00. The smallest absolute Gasteiger partial charge is 0.217 e. The fourth-order valence-corrected chi connectivity index (χ4v) is 4.63. The van der Waals surface area contributed by atoms with Gasteiger partial charge in [0.25, 0.3) is 0 Å². The van der Waals surface area contributed by atoms with Crippen molar-refractivity contribution in [1.29, 1.82) is 5.26 Å². The molecule has 2 heterocycles. The van der Waals surface area contributed by atoms with Crippen molar-refractivity contribution in [3.8, 4) is 6.07 Å². The number of nitriles is 1. The van der Waals surface area contributed by atoms with Crippen LogP contribution in [-0.2, 0) is 0 Å². The van der Waals surface area contributed by atoms with Crippen molar-refractivity contribution in [2.45, 2.75) is 37.5 Å². The van der Waals surface area contributed by atoms with Crippen molar-refractivity contribution in [2.75, 3.05) is 0 Å². The number of hydrogen-bond acceptors (Lipinski definition) is 4. The molecule has 0 bridgehead atoms. The molecule has 2 aliphatic rings. The zero-order valence-corrected chi connectivity index (χ0v) is 17.4. The van der Waals surface area contributed by atoms with Crippen molar-refractivity contribution in [2.24, 2.45) is 5.92 Å². The van der Waals surface area contributed by atoms with Gasteiger partial charge < -0.3 is 10.4 Å². The van der Waals surface area contributed by atoms with Gasteiger partial charge in [-0.05, 0) is 43.0 Å². The van der Waals surface area contributed by atoms with Crippen LogP contribution in [0.25, 0.3) is 0 Å². The molecule has 1 aliphatic carbocycles. The Balaban J connectivity index is 1.93. The number of rotatable bonds is 3. The summed E-state index contributed by atoms with van der Waals surface area (Å²) in [5.74, 6) is -0.160. The van der Waals surface area contributed by atoms with Crippen LogP contribution in [0, 0.1) is 24.2 Å². The molecule has 0 saturated heterocycles. The van der Waals surface area contributed by atoms with Gasteiger partial charge in [-0.3, -0.25) is 0 Å². The number of benzene rings is 1. The third-order valence-electron chi connectivity index (χ3n) is 5.54. The van der Waals surface area contributed by atoms with E-state index in [9.17, 15) is 10.4 Å². The minimum Gasteiger partial charge on any atom is -0.365 e. The van der Waals surface area contributed by atoms with Crippen molar-refractivity contribution in [1.82, 2.24) is 5.32 Å². The molecule has 0 spiro atoms. The zero-order valence-electron chi connectivity index (χ0n) is 14.9. The van der Waals surface area contributed by atoms with E-state index in [1.807, 2.05) is 60.3 Å². The summed E-state index contributed by atoms with van der Waals surface area (Å²) in [5.41, 5.74) is 1.52. The molecule has 6 heteroatoms. The van der Waals surface area contributed by atoms with Gasteiger partial charge in [-0.1, -0.05) is 28.1 Å². The molecule has 27 heavy (non-hydrogen) atoms.